The highest BCUT2D eigenvalue weighted by atomic mass is 16.6. The topological polar surface area (TPSA) is 78.9 Å². The normalized spacial score (nSPS) is 12.8. The lowest BCUT2D eigenvalue weighted by Gasteiger charge is -2.18. The van der Waals surface area contributed by atoms with Gasteiger partial charge in [-0.2, -0.15) is 0 Å². The number of rotatable bonds is 43. The van der Waals surface area contributed by atoms with E-state index >= 15 is 0 Å². The second kappa shape index (κ2) is 48.3. The van der Waals surface area contributed by atoms with Crippen molar-refractivity contribution in [1.82, 2.24) is 0 Å². The number of unbranched alkanes of at least 4 members (excludes halogenated alkanes) is 20. The van der Waals surface area contributed by atoms with E-state index in [0.29, 0.717) is 12.8 Å². The van der Waals surface area contributed by atoms with E-state index < -0.39 is 12.1 Å². The van der Waals surface area contributed by atoms with E-state index in [1.807, 2.05) is 6.08 Å². The Morgan fingerprint density at radius 1 is 0.383 bits per heavy atom. The minimum Gasteiger partial charge on any atom is -0.462 e. The molecule has 0 saturated carbocycles. The zero-order chi connectivity index (χ0) is 43.7. The summed E-state index contributed by atoms with van der Waals surface area (Å²) in [4.78, 5) is 37.7. The number of carbonyl (C=O) groups is 3. The van der Waals surface area contributed by atoms with Crippen LogP contribution in [-0.4, -0.2) is 37.2 Å². The van der Waals surface area contributed by atoms with E-state index in [1.165, 1.54) is 103 Å². The smallest absolute Gasteiger partial charge is 0.309 e. The number of ether oxygens (including phenoxy) is 3. The van der Waals surface area contributed by atoms with Gasteiger partial charge in [0.15, 0.2) is 6.10 Å². The molecule has 0 aliphatic carbocycles. The highest BCUT2D eigenvalue weighted by molar-refractivity contribution is 5.72. The first kappa shape index (κ1) is 56.6. The van der Waals surface area contributed by atoms with Gasteiger partial charge < -0.3 is 14.2 Å². The summed E-state index contributed by atoms with van der Waals surface area (Å²) >= 11 is 0. The summed E-state index contributed by atoms with van der Waals surface area (Å²) in [5.41, 5.74) is 0. The first-order valence-electron chi connectivity index (χ1n) is 24.6. The Balaban J connectivity index is 4.36. The van der Waals surface area contributed by atoms with Gasteiger partial charge in [0, 0.05) is 12.8 Å². The van der Waals surface area contributed by atoms with Gasteiger partial charge in [0.25, 0.3) is 0 Å². The minimum absolute atomic E-state index is 0.109. The standard InChI is InChI=1S/C54H90O6/c1-4-7-10-13-16-19-21-23-25-26-27-28-29-31-32-35-38-41-44-47-53(56)59-50-51(49-58-52(55)46-43-40-37-34-18-15-12-9-6-3)60-54(57)48-45-42-39-36-33-30-24-22-20-17-14-11-8-5-2/h8-9,11-12,16-21,23,34,40,43,51H,4-7,10,13-15,22,24-33,35-39,41-42,44-50H2,1-3H3/b11-8-,12-9-,19-16-,20-17-,23-21-,34-18-,43-40-. The maximum absolute atomic E-state index is 12.7. The minimum atomic E-state index is -0.816. The van der Waals surface area contributed by atoms with Crippen molar-refractivity contribution in [2.45, 2.75) is 226 Å². The van der Waals surface area contributed by atoms with Gasteiger partial charge in [0.2, 0.25) is 0 Å². The van der Waals surface area contributed by atoms with E-state index in [2.05, 4.69) is 93.7 Å². The van der Waals surface area contributed by atoms with Crippen LogP contribution in [0.1, 0.15) is 220 Å². The van der Waals surface area contributed by atoms with Gasteiger partial charge >= 0.3 is 17.9 Å². The monoisotopic (exact) mass is 835 g/mol. The fraction of sp³-hybridized carbons (Fsp3) is 0.685. The Morgan fingerprint density at radius 2 is 0.767 bits per heavy atom. The second-order valence-electron chi connectivity index (χ2n) is 16.0. The van der Waals surface area contributed by atoms with E-state index in [9.17, 15) is 14.4 Å². The third-order valence-corrected chi connectivity index (χ3v) is 10.2. The largest absolute Gasteiger partial charge is 0.462 e. The number of carbonyl (C=O) groups excluding carboxylic acids is 3. The molecule has 0 amide bonds. The molecule has 0 saturated heterocycles. The summed E-state index contributed by atoms with van der Waals surface area (Å²) in [6, 6.07) is 0. The van der Waals surface area contributed by atoms with E-state index in [4.69, 9.17) is 14.2 Å². The SMILES string of the molecule is CC/C=C\C/C=C\C/C=C\CC(=O)OCC(COC(=O)CCCCCCCCCCCC/C=C\C=C/CCCCC)OC(=O)CCCCCCCCC/C=C\C/C=C\CC. The highest BCUT2D eigenvalue weighted by Gasteiger charge is 2.19. The molecule has 6 heteroatoms. The first-order valence-corrected chi connectivity index (χ1v) is 24.6. The van der Waals surface area contributed by atoms with Crippen LogP contribution >= 0.6 is 0 Å². The molecular formula is C54H90O6. The van der Waals surface area contributed by atoms with Crippen LogP contribution in [0.3, 0.4) is 0 Å². The van der Waals surface area contributed by atoms with Crippen molar-refractivity contribution in [3.8, 4) is 0 Å². The zero-order valence-corrected chi connectivity index (χ0v) is 38.9. The van der Waals surface area contributed by atoms with Crippen LogP contribution in [0.5, 0.6) is 0 Å². The van der Waals surface area contributed by atoms with Gasteiger partial charge in [-0.25, -0.2) is 0 Å². The molecule has 0 rings (SSSR count). The maximum Gasteiger partial charge on any atom is 0.309 e. The molecule has 0 N–H and O–H groups in total. The molecule has 342 valence electrons. The maximum atomic E-state index is 12.7. The molecule has 0 spiro atoms. The van der Waals surface area contributed by atoms with Crippen LogP contribution in [0.15, 0.2) is 85.1 Å². The van der Waals surface area contributed by atoms with Crippen molar-refractivity contribution in [3.63, 3.8) is 0 Å². The fourth-order valence-electron chi connectivity index (χ4n) is 6.53. The predicted molar refractivity (Wildman–Crippen MR) is 256 cm³/mol. The van der Waals surface area contributed by atoms with Gasteiger partial charge in [-0.15, -0.1) is 0 Å². The molecule has 1 unspecified atom stereocenters. The first-order chi connectivity index (χ1) is 29.5. The Labute approximate surface area is 369 Å². The van der Waals surface area contributed by atoms with Crippen molar-refractivity contribution in [2.75, 3.05) is 13.2 Å². The van der Waals surface area contributed by atoms with E-state index in [-0.39, 0.29) is 31.6 Å². The van der Waals surface area contributed by atoms with Gasteiger partial charge in [0.1, 0.15) is 13.2 Å². The van der Waals surface area contributed by atoms with Crippen molar-refractivity contribution in [1.29, 1.82) is 0 Å². The molecule has 0 aromatic heterocycles. The number of allylic oxidation sites excluding steroid dienone is 13. The highest BCUT2D eigenvalue weighted by Crippen LogP contribution is 2.14. The molecule has 0 aliphatic heterocycles. The summed E-state index contributed by atoms with van der Waals surface area (Å²) in [6.07, 6.45) is 61.8. The lowest BCUT2D eigenvalue weighted by atomic mass is 10.1. The summed E-state index contributed by atoms with van der Waals surface area (Å²) < 4.78 is 16.6. The number of hydrogen-bond donors (Lipinski definition) is 0. The van der Waals surface area contributed by atoms with Crippen molar-refractivity contribution >= 4 is 17.9 Å². The van der Waals surface area contributed by atoms with Crippen LogP contribution < -0.4 is 0 Å². The molecular weight excluding hydrogens is 745 g/mol. The van der Waals surface area contributed by atoms with Crippen LogP contribution in [-0.2, 0) is 28.6 Å². The summed E-state index contributed by atoms with van der Waals surface area (Å²) in [5, 5.41) is 0. The number of hydrogen-bond acceptors (Lipinski definition) is 6. The number of esters is 3. The molecule has 0 aromatic rings. The van der Waals surface area contributed by atoms with Crippen molar-refractivity contribution < 1.29 is 28.6 Å². The Bertz CT molecular complexity index is 1190. The van der Waals surface area contributed by atoms with Gasteiger partial charge in [-0.05, 0) is 83.5 Å². The molecule has 0 bridgehead atoms. The molecule has 0 radical (unpaired) electrons. The average Bonchev–Trinajstić information content (AvgIpc) is 3.24. The average molecular weight is 835 g/mol. The van der Waals surface area contributed by atoms with Gasteiger partial charge in [0.05, 0.1) is 6.42 Å². The van der Waals surface area contributed by atoms with E-state index in [1.54, 1.807) is 6.08 Å². The van der Waals surface area contributed by atoms with E-state index in [0.717, 1.165) is 77.0 Å². The third kappa shape index (κ3) is 45.7. The Morgan fingerprint density at radius 3 is 1.27 bits per heavy atom. The molecule has 0 fully saturated rings. The van der Waals surface area contributed by atoms with Crippen LogP contribution in [0.2, 0.25) is 0 Å². The molecule has 0 aliphatic rings. The molecule has 1 atom stereocenters. The summed E-state index contributed by atoms with van der Waals surface area (Å²) in [6.45, 7) is 6.27. The third-order valence-electron chi connectivity index (χ3n) is 10.2. The van der Waals surface area contributed by atoms with Crippen LogP contribution in [0.25, 0.3) is 0 Å². The molecule has 0 heterocycles. The predicted octanol–water partition coefficient (Wildman–Crippen LogP) is 16.0. The lowest BCUT2D eigenvalue weighted by Crippen LogP contribution is -2.30. The van der Waals surface area contributed by atoms with Crippen molar-refractivity contribution in [2.24, 2.45) is 0 Å². The van der Waals surface area contributed by atoms with Gasteiger partial charge in [-0.3, -0.25) is 14.4 Å². The van der Waals surface area contributed by atoms with Crippen LogP contribution in [0.4, 0.5) is 0 Å². The second-order valence-corrected chi connectivity index (χ2v) is 16.0. The molecule has 0 aromatic carbocycles. The van der Waals surface area contributed by atoms with Gasteiger partial charge in [-0.1, -0.05) is 202 Å². The fourth-order valence-corrected chi connectivity index (χ4v) is 6.53. The summed E-state index contributed by atoms with van der Waals surface area (Å²) in [7, 11) is 0. The Kier molecular flexibility index (Phi) is 45.5. The molecule has 6 nitrogen and oxygen atoms in total. The zero-order valence-electron chi connectivity index (χ0n) is 38.9. The van der Waals surface area contributed by atoms with Crippen molar-refractivity contribution in [3.05, 3.63) is 85.1 Å². The summed E-state index contributed by atoms with van der Waals surface area (Å²) in [5.74, 6) is -1.05. The quantitative estimate of drug-likeness (QED) is 0.0200. The van der Waals surface area contributed by atoms with Crippen LogP contribution in [0, 0.1) is 0 Å². The lowest BCUT2D eigenvalue weighted by molar-refractivity contribution is -0.166. The molecule has 60 heavy (non-hydrogen) atoms. The Hall–Kier alpha value is -3.41.